The smallest absolute Gasteiger partial charge is 0.304 e. The molecule has 1 aromatic carbocycles. The molecule has 0 saturated carbocycles. The molecule has 2 aliphatic heterocycles. The Bertz CT molecular complexity index is 858. The minimum Gasteiger partial charge on any atom is -0.379 e. The first kappa shape index (κ1) is 24.9. The molecule has 2 N–H and O–H groups in total. The number of hydrogen-bond donors (Lipinski definition) is 2. The molecule has 0 atom stereocenters. The lowest BCUT2D eigenvalue weighted by Crippen LogP contribution is -2.47. The van der Waals surface area contributed by atoms with Gasteiger partial charge in [0.2, 0.25) is 15.8 Å². The molecule has 32 heavy (non-hydrogen) atoms. The first-order chi connectivity index (χ1) is 15.3. The second-order valence-corrected chi connectivity index (χ2v) is 9.98. The van der Waals surface area contributed by atoms with E-state index in [4.69, 9.17) is 4.74 Å². The molecular formula is C20H32FN5O5S. The number of hydrogen-bond acceptors (Lipinski definition) is 8. The molecule has 0 spiro atoms. The van der Waals surface area contributed by atoms with Gasteiger partial charge in [0, 0.05) is 57.9 Å². The Morgan fingerprint density at radius 2 is 1.88 bits per heavy atom. The van der Waals surface area contributed by atoms with Crippen molar-refractivity contribution in [1.29, 1.82) is 0 Å². The first-order valence-corrected chi connectivity index (χ1v) is 12.5. The Morgan fingerprint density at radius 1 is 1.16 bits per heavy atom. The van der Waals surface area contributed by atoms with Crippen LogP contribution < -0.4 is 10.0 Å². The van der Waals surface area contributed by atoms with Crippen LogP contribution in [0.15, 0.2) is 23.1 Å². The van der Waals surface area contributed by atoms with Gasteiger partial charge in [-0.25, -0.2) is 13.1 Å². The molecule has 0 aromatic heterocycles. The number of likely N-dealkylation sites (tertiary alicyclic amines) is 1. The van der Waals surface area contributed by atoms with Crippen LogP contribution in [0.5, 0.6) is 0 Å². The molecule has 3 rings (SSSR count). The molecule has 0 bridgehead atoms. The average Bonchev–Trinajstić information content (AvgIpc) is 2.77. The molecule has 12 heteroatoms. The third-order valence-corrected chi connectivity index (χ3v) is 7.41. The van der Waals surface area contributed by atoms with Crippen LogP contribution in [-0.2, 0) is 14.8 Å². The average molecular weight is 474 g/mol. The molecule has 2 aliphatic rings. The molecule has 0 unspecified atom stereocenters. The number of nitrogens with one attached hydrogen (secondary N) is 2. The van der Waals surface area contributed by atoms with E-state index in [1.165, 1.54) is 19.4 Å². The van der Waals surface area contributed by atoms with Crippen LogP contribution in [0, 0.1) is 21.8 Å². The summed E-state index contributed by atoms with van der Waals surface area (Å²) in [6.45, 7) is 9.27. The van der Waals surface area contributed by atoms with E-state index >= 15 is 0 Å². The maximum absolute atomic E-state index is 13.7. The van der Waals surface area contributed by atoms with Crippen molar-refractivity contribution in [3.8, 4) is 0 Å². The standard InChI is InChI=1S/C20H32FN5O5S/c21-19-15-18(1-2-20(19)26(27)28)32(29,30)23-7-13-31-14-12-24-8-3-17(4-9-24)16-25-10-5-22-6-11-25/h1-2,15,17,22-23H,3-14,16H2. The number of piperazine rings is 1. The lowest BCUT2D eigenvalue weighted by Gasteiger charge is -2.36. The number of sulfonamides is 1. The van der Waals surface area contributed by atoms with Crippen LogP contribution in [0.1, 0.15) is 12.8 Å². The van der Waals surface area contributed by atoms with Crippen molar-refractivity contribution in [1.82, 2.24) is 19.8 Å². The predicted octanol–water partition coefficient (Wildman–Crippen LogP) is 0.646. The van der Waals surface area contributed by atoms with Crippen LogP contribution in [0.2, 0.25) is 0 Å². The van der Waals surface area contributed by atoms with Crippen LogP contribution in [0.4, 0.5) is 10.1 Å². The van der Waals surface area contributed by atoms with Gasteiger partial charge in [-0.1, -0.05) is 0 Å². The van der Waals surface area contributed by atoms with E-state index in [9.17, 15) is 22.9 Å². The lowest BCUT2D eigenvalue weighted by molar-refractivity contribution is -0.387. The maximum Gasteiger partial charge on any atom is 0.304 e. The van der Waals surface area contributed by atoms with Crippen molar-refractivity contribution in [3.63, 3.8) is 0 Å². The van der Waals surface area contributed by atoms with Gasteiger partial charge in [0.25, 0.3) is 0 Å². The highest BCUT2D eigenvalue weighted by Crippen LogP contribution is 2.21. The molecule has 0 aliphatic carbocycles. The van der Waals surface area contributed by atoms with E-state index in [2.05, 4.69) is 19.8 Å². The van der Waals surface area contributed by atoms with E-state index in [0.29, 0.717) is 12.7 Å². The normalized spacial score (nSPS) is 19.3. The van der Waals surface area contributed by atoms with Gasteiger partial charge in [0.05, 0.1) is 23.0 Å². The number of piperidine rings is 1. The number of rotatable bonds is 11. The minimum absolute atomic E-state index is 0.0354. The van der Waals surface area contributed by atoms with Gasteiger partial charge in [-0.15, -0.1) is 0 Å². The molecular weight excluding hydrogens is 441 g/mol. The Kier molecular flexibility index (Phi) is 9.32. The highest BCUT2D eigenvalue weighted by Gasteiger charge is 2.22. The topological polar surface area (TPSA) is 117 Å². The third kappa shape index (κ3) is 7.42. The summed E-state index contributed by atoms with van der Waals surface area (Å²) in [6, 6.07) is 2.50. The van der Waals surface area contributed by atoms with Crippen molar-refractivity contribution in [2.75, 3.05) is 72.1 Å². The zero-order valence-electron chi connectivity index (χ0n) is 18.2. The Morgan fingerprint density at radius 3 is 2.53 bits per heavy atom. The monoisotopic (exact) mass is 473 g/mol. The third-order valence-electron chi connectivity index (χ3n) is 5.95. The first-order valence-electron chi connectivity index (χ1n) is 11.0. The summed E-state index contributed by atoms with van der Waals surface area (Å²) in [5, 5.41) is 14.0. The minimum atomic E-state index is -3.96. The summed E-state index contributed by atoms with van der Waals surface area (Å²) in [4.78, 5) is 14.3. The van der Waals surface area contributed by atoms with E-state index in [1.54, 1.807) is 0 Å². The zero-order chi connectivity index (χ0) is 23.0. The molecule has 2 saturated heterocycles. The molecule has 2 heterocycles. The largest absolute Gasteiger partial charge is 0.379 e. The number of nitro benzene ring substituents is 1. The molecule has 180 valence electrons. The SMILES string of the molecule is O=[N+]([O-])c1ccc(S(=O)(=O)NCCOCCN2CCC(CN3CCNCC3)CC2)cc1F. The van der Waals surface area contributed by atoms with Gasteiger partial charge < -0.3 is 19.9 Å². The summed E-state index contributed by atoms with van der Waals surface area (Å²) in [6.07, 6.45) is 2.38. The van der Waals surface area contributed by atoms with Gasteiger partial charge in [-0.2, -0.15) is 4.39 Å². The van der Waals surface area contributed by atoms with Crippen LogP contribution >= 0.6 is 0 Å². The van der Waals surface area contributed by atoms with Crippen molar-refractivity contribution in [3.05, 3.63) is 34.1 Å². The van der Waals surface area contributed by atoms with Gasteiger partial charge in [-0.05, 0) is 37.9 Å². The molecule has 10 nitrogen and oxygen atoms in total. The van der Waals surface area contributed by atoms with Crippen LogP contribution in [0.3, 0.4) is 0 Å². The van der Waals surface area contributed by atoms with E-state index in [0.717, 1.165) is 63.9 Å². The fourth-order valence-electron chi connectivity index (χ4n) is 4.08. The summed E-state index contributed by atoms with van der Waals surface area (Å²) < 4.78 is 45.9. The van der Waals surface area contributed by atoms with Gasteiger partial charge in [0.1, 0.15) is 0 Å². The van der Waals surface area contributed by atoms with Gasteiger partial charge >= 0.3 is 5.69 Å². The number of benzene rings is 1. The predicted molar refractivity (Wildman–Crippen MR) is 118 cm³/mol. The zero-order valence-corrected chi connectivity index (χ0v) is 19.0. The molecule has 0 amide bonds. The highest BCUT2D eigenvalue weighted by atomic mass is 32.2. The fraction of sp³-hybridized carbons (Fsp3) is 0.700. The summed E-state index contributed by atoms with van der Waals surface area (Å²) >= 11 is 0. The van der Waals surface area contributed by atoms with Crippen molar-refractivity contribution in [2.24, 2.45) is 5.92 Å². The molecule has 1 aromatic rings. The van der Waals surface area contributed by atoms with E-state index < -0.39 is 26.5 Å². The number of halogens is 1. The molecule has 0 radical (unpaired) electrons. The second kappa shape index (κ2) is 12.0. The number of nitrogens with zero attached hydrogens (tertiary/aromatic N) is 3. The second-order valence-electron chi connectivity index (χ2n) is 8.22. The lowest BCUT2D eigenvalue weighted by atomic mass is 9.96. The van der Waals surface area contributed by atoms with Gasteiger partial charge in [-0.3, -0.25) is 10.1 Å². The number of ether oxygens (including phenoxy) is 1. The Labute approximate surface area is 188 Å². The van der Waals surface area contributed by atoms with Crippen LogP contribution in [0.25, 0.3) is 0 Å². The summed E-state index contributed by atoms with van der Waals surface area (Å²) in [5.74, 6) is -0.435. The van der Waals surface area contributed by atoms with E-state index in [-0.39, 0.29) is 18.0 Å². The Balaban J connectivity index is 1.28. The van der Waals surface area contributed by atoms with Gasteiger partial charge in [0.15, 0.2) is 0 Å². The van der Waals surface area contributed by atoms with Crippen molar-refractivity contribution < 1.29 is 22.5 Å². The fourth-order valence-corrected chi connectivity index (χ4v) is 5.11. The van der Waals surface area contributed by atoms with E-state index in [1.807, 2.05) is 0 Å². The summed E-state index contributed by atoms with van der Waals surface area (Å²) in [5.41, 5.74) is -0.764. The Hall–Kier alpha value is -1.70. The maximum atomic E-state index is 13.7. The quantitative estimate of drug-likeness (QED) is 0.273. The van der Waals surface area contributed by atoms with Crippen molar-refractivity contribution in [2.45, 2.75) is 17.7 Å². The highest BCUT2D eigenvalue weighted by molar-refractivity contribution is 7.89. The summed E-state index contributed by atoms with van der Waals surface area (Å²) in [7, 11) is -3.96. The van der Waals surface area contributed by atoms with Crippen molar-refractivity contribution >= 4 is 15.7 Å². The van der Waals surface area contributed by atoms with Crippen LogP contribution in [-0.4, -0.2) is 95.3 Å². The number of nitro groups is 1. The molecule has 2 fully saturated rings.